The van der Waals surface area contributed by atoms with Crippen LogP contribution < -0.4 is 10.9 Å². The first-order chi connectivity index (χ1) is 13.1. The normalized spacial score (nSPS) is 17.9. The standard InChI is InChI=1S/C22H27N3O2/c1-15-13-25(17-11-7-4-8-12-17)22(27)19-18(14-24(2)20(15)19)21(26)23-16-9-5-3-6-10-16/h4,7,11,13-14,16H,3,5-6,8-10,12H2,1-2H3,(H,23,26). The van der Waals surface area contributed by atoms with Crippen LogP contribution in [0, 0.1) is 6.92 Å². The minimum absolute atomic E-state index is 0.105. The van der Waals surface area contributed by atoms with Gasteiger partial charge in [0.2, 0.25) is 0 Å². The maximum Gasteiger partial charge on any atom is 0.265 e. The van der Waals surface area contributed by atoms with E-state index in [4.69, 9.17) is 0 Å². The van der Waals surface area contributed by atoms with Gasteiger partial charge in [-0.15, -0.1) is 0 Å². The van der Waals surface area contributed by atoms with E-state index in [2.05, 4.69) is 11.4 Å². The average molecular weight is 365 g/mol. The molecule has 0 unspecified atom stereocenters. The molecule has 2 aliphatic carbocycles. The largest absolute Gasteiger partial charge is 0.349 e. The summed E-state index contributed by atoms with van der Waals surface area (Å²) in [5, 5.41) is 3.69. The van der Waals surface area contributed by atoms with Crippen molar-refractivity contribution in [1.82, 2.24) is 14.5 Å². The Balaban J connectivity index is 1.80. The lowest BCUT2D eigenvalue weighted by molar-refractivity contribution is 0.0929. The molecule has 0 aliphatic heterocycles. The van der Waals surface area contributed by atoms with Gasteiger partial charge in [-0.2, -0.15) is 0 Å². The number of nitrogens with zero attached hydrogens (tertiary/aromatic N) is 2. The summed E-state index contributed by atoms with van der Waals surface area (Å²) in [6, 6.07) is 0.222. The predicted molar refractivity (Wildman–Crippen MR) is 109 cm³/mol. The van der Waals surface area contributed by atoms with E-state index in [1.165, 1.54) is 6.42 Å². The summed E-state index contributed by atoms with van der Waals surface area (Å²) in [5.41, 5.74) is 3.21. The van der Waals surface area contributed by atoms with Crippen LogP contribution in [0.1, 0.15) is 60.9 Å². The molecule has 2 aliphatic rings. The number of amides is 1. The van der Waals surface area contributed by atoms with Crippen molar-refractivity contribution in [2.75, 3.05) is 0 Å². The second kappa shape index (κ2) is 7.22. The summed E-state index contributed by atoms with van der Waals surface area (Å²) < 4.78 is 3.62. The summed E-state index contributed by atoms with van der Waals surface area (Å²) >= 11 is 0. The van der Waals surface area contributed by atoms with Gasteiger partial charge in [-0.25, -0.2) is 0 Å². The molecule has 0 radical (unpaired) electrons. The van der Waals surface area contributed by atoms with Crippen molar-refractivity contribution in [1.29, 1.82) is 0 Å². The zero-order valence-corrected chi connectivity index (χ0v) is 16.1. The lowest BCUT2D eigenvalue weighted by Gasteiger charge is -2.22. The maximum atomic E-state index is 13.3. The molecule has 4 rings (SSSR count). The quantitative estimate of drug-likeness (QED) is 0.897. The molecule has 2 aromatic heterocycles. The summed E-state index contributed by atoms with van der Waals surface area (Å²) in [5.74, 6) is -0.126. The number of carbonyl (C=O) groups is 1. The Labute approximate surface area is 159 Å². The van der Waals surface area contributed by atoms with Crippen molar-refractivity contribution in [3.63, 3.8) is 0 Å². The Morgan fingerprint density at radius 3 is 2.67 bits per heavy atom. The van der Waals surface area contributed by atoms with E-state index in [1.807, 2.05) is 36.9 Å². The Hall–Kier alpha value is -2.56. The van der Waals surface area contributed by atoms with E-state index in [1.54, 1.807) is 10.8 Å². The van der Waals surface area contributed by atoms with Crippen molar-refractivity contribution in [2.45, 2.75) is 57.9 Å². The topological polar surface area (TPSA) is 56.0 Å². The van der Waals surface area contributed by atoms with Gasteiger partial charge in [0, 0.05) is 31.2 Å². The molecule has 0 saturated heterocycles. The molecule has 1 fully saturated rings. The predicted octanol–water partition coefficient (Wildman–Crippen LogP) is 3.90. The fourth-order valence-corrected chi connectivity index (χ4v) is 4.44. The second-order valence-corrected chi connectivity index (χ2v) is 7.80. The van der Waals surface area contributed by atoms with Gasteiger partial charge in [0.1, 0.15) is 0 Å². The number of aromatic nitrogens is 2. The molecule has 1 amide bonds. The fourth-order valence-electron chi connectivity index (χ4n) is 4.44. The number of rotatable bonds is 3. The summed E-state index contributed by atoms with van der Waals surface area (Å²) in [6.45, 7) is 2.00. The summed E-state index contributed by atoms with van der Waals surface area (Å²) in [4.78, 5) is 26.3. The molecule has 0 spiro atoms. The van der Waals surface area contributed by atoms with E-state index < -0.39 is 0 Å². The van der Waals surface area contributed by atoms with E-state index in [0.717, 1.165) is 55.3 Å². The van der Waals surface area contributed by atoms with Crippen LogP contribution in [0.5, 0.6) is 0 Å². The Kier molecular flexibility index (Phi) is 4.77. The van der Waals surface area contributed by atoms with Crippen molar-refractivity contribution in [3.05, 3.63) is 52.1 Å². The highest BCUT2D eigenvalue weighted by atomic mass is 16.2. The minimum atomic E-state index is -0.126. The fraction of sp³-hybridized carbons (Fsp3) is 0.455. The van der Waals surface area contributed by atoms with Crippen LogP contribution in [0.25, 0.3) is 16.6 Å². The third-order valence-corrected chi connectivity index (χ3v) is 5.80. The molecule has 1 N–H and O–H groups in total. The molecule has 27 heavy (non-hydrogen) atoms. The lowest BCUT2D eigenvalue weighted by atomic mass is 9.95. The van der Waals surface area contributed by atoms with Crippen molar-refractivity contribution in [2.24, 2.45) is 7.05 Å². The van der Waals surface area contributed by atoms with Gasteiger partial charge in [0.25, 0.3) is 11.5 Å². The van der Waals surface area contributed by atoms with E-state index in [0.29, 0.717) is 10.9 Å². The number of pyridine rings is 1. The van der Waals surface area contributed by atoms with Gasteiger partial charge in [0.05, 0.1) is 16.5 Å². The van der Waals surface area contributed by atoms with Crippen LogP contribution in [0.3, 0.4) is 0 Å². The molecule has 2 heterocycles. The van der Waals surface area contributed by atoms with Crippen LogP contribution in [0.15, 0.2) is 35.4 Å². The van der Waals surface area contributed by atoms with Gasteiger partial charge in [-0.3, -0.25) is 14.2 Å². The highest BCUT2D eigenvalue weighted by Crippen LogP contribution is 2.25. The smallest absolute Gasteiger partial charge is 0.265 e. The molecular weight excluding hydrogens is 338 g/mol. The van der Waals surface area contributed by atoms with E-state index in [9.17, 15) is 9.59 Å². The van der Waals surface area contributed by atoms with Crippen LogP contribution in [-0.2, 0) is 7.05 Å². The zero-order chi connectivity index (χ0) is 19.0. The molecule has 5 nitrogen and oxygen atoms in total. The number of fused-ring (bicyclic) bond motifs is 1. The number of carbonyl (C=O) groups excluding carboxylic acids is 1. The van der Waals surface area contributed by atoms with E-state index in [-0.39, 0.29) is 17.5 Å². The average Bonchev–Trinajstić information content (AvgIpc) is 3.04. The monoisotopic (exact) mass is 365 g/mol. The van der Waals surface area contributed by atoms with Crippen LogP contribution >= 0.6 is 0 Å². The number of hydrogen-bond acceptors (Lipinski definition) is 2. The molecule has 1 saturated carbocycles. The minimum Gasteiger partial charge on any atom is -0.349 e. The number of allylic oxidation sites excluding steroid dienone is 4. The number of hydrogen-bond donors (Lipinski definition) is 1. The van der Waals surface area contributed by atoms with E-state index >= 15 is 0 Å². The van der Waals surface area contributed by atoms with Gasteiger partial charge >= 0.3 is 0 Å². The van der Waals surface area contributed by atoms with Crippen LogP contribution in [0.2, 0.25) is 0 Å². The first kappa shape index (κ1) is 17.8. The molecule has 0 bridgehead atoms. The summed E-state index contributed by atoms with van der Waals surface area (Å²) in [7, 11) is 1.90. The first-order valence-electron chi connectivity index (χ1n) is 9.94. The van der Waals surface area contributed by atoms with Gasteiger partial charge in [0.15, 0.2) is 0 Å². The number of nitrogens with one attached hydrogen (secondary N) is 1. The molecule has 2 aromatic rings. The van der Waals surface area contributed by atoms with Crippen molar-refractivity contribution in [3.8, 4) is 0 Å². The maximum absolute atomic E-state index is 13.3. The second-order valence-electron chi connectivity index (χ2n) is 7.80. The first-order valence-corrected chi connectivity index (χ1v) is 9.94. The molecule has 0 aromatic carbocycles. The van der Waals surface area contributed by atoms with Gasteiger partial charge in [-0.05, 0) is 44.2 Å². The summed E-state index contributed by atoms with van der Waals surface area (Å²) in [6.07, 6.45) is 17.2. The Morgan fingerprint density at radius 1 is 1.19 bits per heavy atom. The van der Waals surface area contributed by atoms with Crippen molar-refractivity contribution >= 4 is 22.5 Å². The Bertz CT molecular complexity index is 1000. The van der Waals surface area contributed by atoms with Crippen LogP contribution in [0.4, 0.5) is 0 Å². The molecule has 142 valence electrons. The van der Waals surface area contributed by atoms with Gasteiger partial charge in [-0.1, -0.05) is 31.4 Å². The SMILES string of the molecule is Cc1cn(C2=CC=CCC2)c(=O)c2c(C(=O)NC3CCCCC3)cn(C)c12. The highest BCUT2D eigenvalue weighted by Gasteiger charge is 2.23. The third-order valence-electron chi connectivity index (χ3n) is 5.80. The van der Waals surface area contributed by atoms with Crippen LogP contribution in [-0.4, -0.2) is 21.1 Å². The van der Waals surface area contributed by atoms with Gasteiger partial charge < -0.3 is 9.88 Å². The lowest BCUT2D eigenvalue weighted by Crippen LogP contribution is -2.36. The zero-order valence-electron chi connectivity index (χ0n) is 16.1. The molecular formula is C22H27N3O2. The molecule has 5 heteroatoms. The highest BCUT2D eigenvalue weighted by molar-refractivity contribution is 6.07. The number of aryl methyl sites for hydroxylation is 2. The third kappa shape index (κ3) is 3.27. The molecule has 0 atom stereocenters. The Morgan fingerprint density at radius 2 is 1.96 bits per heavy atom. The van der Waals surface area contributed by atoms with Crippen molar-refractivity contribution < 1.29 is 4.79 Å².